The summed E-state index contributed by atoms with van der Waals surface area (Å²) in [5.41, 5.74) is 11.1. The molecule has 2 N–H and O–H groups in total. The van der Waals surface area contributed by atoms with Crippen molar-refractivity contribution in [1.82, 2.24) is 10.1 Å². The summed E-state index contributed by atoms with van der Waals surface area (Å²) in [6, 6.07) is 13.9. The molecule has 0 radical (unpaired) electrons. The molecule has 21 heavy (non-hydrogen) atoms. The Hall–Kier alpha value is -2.62. The molecular weight excluding hydrogens is 262 g/mol. The average molecular weight is 279 g/mol. The Morgan fingerprint density at radius 2 is 1.86 bits per heavy atom. The molecule has 2 aromatic carbocycles. The van der Waals surface area contributed by atoms with Crippen LogP contribution in [-0.2, 0) is 6.42 Å². The van der Waals surface area contributed by atoms with Crippen molar-refractivity contribution in [3.8, 4) is 11.4 Å². The Balaban J connectivity index is 1.85. The van der Waals surface area contributed by atoms with Crippen molar-refractivity contribution < 1.29 is 4.52 Å². The lowest BCUT2D eigenvalue weighted by Gasteiger charge is -2.02. The van der Waals surface area contributed by atoms with Crippen molar-refractivity contribution in [2.45, 2.75) is 20.3 Å². The fourth-order valence-electron chi connectivity index (χ4n) is 2.22. The van der Waals surface area contributed by atoms with E-state index >= 15 is 0 Å². The Kier molecular flexibility index (Phi) is 3.44. The molecule has 1 aromatic heterocycles. The summed E-state index contributed by atoms with van der Waals surface area (Å²) in [5.74, 6) is 1.13. The minimum Gasteiger partial charge on any atom is -0.398 e. The summed E-state index contributed by atoms with van der Waals surface area (Å²) >= 11 is 0. The van der Waals surface area contributed by atoms with Gasteiger partial charge in [-0.3, -0.25) is 0 Å². The van der Waals surface area contributed by atoms with Crippen LogP contribution in [0.25, 0.3) is 11.4 Å². The second-order valence-electron chi connectivity index (χ2n) is 5.19. The van der Waals surface area contributed by atoms with E-state index in [4.69, 9.17) is 10.3 Å². The lowest BCUT2D eigenvalue weighted by molar-refractivity contribution is 0.385. The third kappa shape index (κ3) is 2.79. The molecule has 0 spiro atoms. The Labute approximate surface area is 123 Å². The zero-order valence-corrected chi connectivity index (χ0v) is 12.1. The van der Waals surface area contributed by atoms with Crippen LogP contribution in [0.4, 0.5) is 5.69 Å². The third-order valence-corrected chi connectivity index (χ3v) is 3.60. The monoisotopic (exact) mass is 279 g/mol. The lowest BCUT2D eigenvalue weighted by Crippen LogP contribution is -1.92. The first kappa shape index (κ1) is 13.4. The van der Waals surface area contributed by atoms with Gasteiger partial charge in [-0.05, 0) is 42.7 Å². The van der Waals surface area contributed by atoms with Gasteiger partial charge in [-0.1, -0.05) is 35.5 Å². The van der Waals surface area contributed by atoms with Crippen LogP contribution in [0.15, 0.2) is 47.0 Å². The van der Waals surface area contributed by atoms with E-state index in [0.29, 0.717) is 23.8 Å². The predicted octanol–water partition coefficient (Wildman–Crippen LogP) is 3.53. The molecule has 0 aliphatic rings. The molecule has 0 unspecified atom stereocenters. The van der Waals surface area contributed by atoms with Crippen LogP contribution >= 0.6 is 0 Å². The van der Waals surface area contributed by atoms with Gasteiger partial charge in [0, 0.05) is 11.3 Å². The highest BCUT2D eigenvalue weighted by Gasteiger charge is 2.11. The maximum atomic E-state index is 5.93. The summed E-state index contributed by atoms with van der Waals surface area (Å²) in [7, 11) is 0. The first-order valence-electron chi connectivity index (χ1n) is 6.87. The van der Waals surface area contributed by atoms with E-state index in [1.807, 2.05) is 24.3 Å². The number of aromatic nitrogens is 2. The highest BCUT2D eigenvalue weighted by atomic mass is 16.5. The molecule has 0 saturated heterocycles. The Morgan fingerprint density at radius 1 is 1.05 bits per heavy atom. The van der Waals surface area contributed by atoms with Gasteiger partial charge in [0.15, 0.2) is 0 Å². The topological polar surface area (TPSA) is 64.9 Å². The standard InChI is InChI=1S/C17H17N3O/c1-11-7-8-13(9-12(11)2)10-16-19-17(20-21-16)14-5-3-4-6-15(14)18/h3-9H,10,18H2,1-2H3. The number of nitrogen functional groups attached to an aromatic ring is 1. The molecule has 0 aliphatic carbocycles. The number of nitrogens with zero attached hydrogens (tertiary/aromatic N) is 2. The van der Waals surface area contributed by atoms with E-state index in [2.05, 4.69) is 42.2 Å². The predicted molar refractivity (Wildman–Crippen MR) is 82.9 cm³/mol. The number of aryl methyl sites for hydroxylation is 2. The molecule has 0 atom stereocenters. The molecule has 1 heterocycles. The molecule has 4 nitrogen and oxygen atoms in total. The van der Waals surface area contributed by atoms with Crippen LogP contribution in [0.3, 0.4) is 0 Å². The van der Waals surface area contributed by atoms with E-state index in [-0.39, 0.29) is 0 Å². The molecule has 0 fully saturated rings. The number of benzene rings is 2. The van der Waals surface area contributed by atoms with E-state index in [0.717, 1.165) is 11.1 Å². The molecule has 4 heteroatoms. The number of nitrogens with two attached hydrogens (primary N) is 1. The second-order valence-corrected chi connectivity index (χ2v) is 5.19. The summed E-state index contributed by atoms with van der Waals surface area (Å²) in [4.78, 5) is 4.43. The van der Waals surface area contributed by atoms with Crippen molar-refractivity contribution in [2.24, 2.45) is 0 Å². The number of anilines is 1. The highest BCUT2D eigenvalue weighted by molar-refractivity contribution is 5.70. The van der Waals surface area contributed by atoms with E-state index in [9.17, 15) is 0 Å². The van der Waals surface area contributed by atoms with Gasteiger partial charge in [-0.2, -0.15) is 4.98 Å². The van der Waals surface area contributed by atoms with Crippen LogP contribution in [0.1, 0.15) is 22.6 Å². The van der Waals surface area contributed by atoms with Gasteiger partial charge in [-0.15, -0.1) is 0 Å². The smallest absolute Gasteiger partial charge is 0.231 e. The normalized spacial score (nSPS) is 10.8. The summed E-state index contributed by atoms with van der Waals surface area (Å²) in [6.45, 7) is 4.20. The highest BCUT2D eigenvalue weighted by Crippen LogP contribution is 2.23. The second kappa shape index (κ2) is 5.40. The SMILES string of the molecule is Cc1ccc(Cc2nc(-c3ccccc3N)no2)cc1C. The van der Waals surface area contributed by atoms with E-state index < -0.39 is 0 Å². The summed E-state index contributed by atoms with van der Waals surface area (Å²) in [5, 5.41) is 4.02. The first-order chi connectivity index (χ1) is 10.1. The maximum absolute atomic E-state index is 5.93. The van der Waals surface area contributed by atoms with Crippen molar-refractivity contribution in [2.75, 3.05) is 5.73 Å². The van der Waals surface area contributed by atoms with E-state index in [1.54, 1.807) is 0 Å². The van der Waals surface area contributed by atoms with Crippen molar-refractivity contribution in [3.05, 3.63) is 65.0 Å². The molecular formula is C17H17N3O. The van der Waals surface area contributed by atoms with Crippen LogP contribution in [0, 0.1) is 13.8 Å². The van der Waals surface area contributed by atoms with Crippen LogP contribution in [-0.4, -0.2) is 10.1 Å². The van der Waals surface area contributed by atoms with Crippen LogP contribution in [0.2, 0.25) is 0 Å². The molecule has 106 valence electrons. The van der Waals surface area contributed by atoms with Gasteiger partial charge in [0.2, 0.25) is 11.7 Å². The molecule has 0 bridgehead atoms. The van der Waals surface area contributed by atoms with Gasteiger partial charge < -0.3 is 10.3 Å². The zero-order chi connectivity index (χ0) is 14.8. The van der Waals surface area contributed by atoms with Gasteiger partial charge >= 0.3 is 0 Å². The molecule has 0 aliphatic heterocycles. The van der Waals surface area contributed by atoms with Crippen LogP contribution in [0.5, 0.6) is 0 Å². The number of hydrogen-bond donors (Lipinski definition) is 1. The minimum absolute atomic E-state index is 0.534. The molecule has 3 rings (SSSR count). The summed E-state index contributed by atoms with van der Waals surface area (Å²) < 4.78 is 5.33. The Bertz CT molecular complexity index is 777. The zero-order valence-electron chi connectivity index (χ0n) is 12.1. The first-order valence-corrected chi connectivity index (χ1v) is 6.87. The molecule has 0 amide bonds. The Morgan fingerprint density at radius 3 is 2.62 bits per heavy atom. The number of hydrogen-bond acceptors (Lipinski definition) is 4. The number of para-hydroxylation sites is 1. The largest absolute Gasteiger partial charge is 0.398 e. The van der Waals surface area contributed by atoms with Gasteiger partial charge in [0.25, 0.3) is 0 Å². The van der Waals surface area contributed by atoms with E-state index in [1.165, 1.54) is 11.1 Å². The maximum Gasteiger partial charge on any atom is 0.231 e. The molecule has 3 aromatic rings. The fraction of sp³-hybridized carbons (Fsp3) is 0.176. The van der Waals surface area contributed by atoms with Gasteiger partial charge in [0.05, 0.1) is 6.42 Å². The van der Waals surface area contributed by atoms with Gasteiger partial charge in [0.1, 0.15) is 0 Å². The summed E-state index contributed by atoms with van der Waals surface area (Å²) in [6.07, 6.45) is 0.626. The average Bonchev–Trinajstić information content (AvgIpc) is 2.92. The van der Waals surface area contributed by atoms with Crippen molar-refractivity contribution >= 4 is 5.69 Å². The molecule has 0 saturated carbocycles. The van der Waals surface area contributed by atoms with Crippen LogP contribution < -0.4 is 5.73 Å². The van der Waals surface area contributed by atoms with Crippen molar-refractivity contribution in [3.63, 3.8) is 0 Å². The van der Waals surface area contributed by atoms with Crippen molar-refractivity contribution in [1.29, 1.82) is 0 Å². The third-order valence-electron chi connectivity index (χ3n) is 3.60. The lowest BCUT2D eigenvalue weighted by atomic mass is 10.0. The quantitative estimate of drug-likeness (QED) is 0.745. The fourth-order valence-corrected chi connectivity index (χ4v) is 2.22. The number of rotatable bonds is 3. The van der Waals surface area contributed by atoms with Gasteiger partial charge in [-0.25, -0.2) is 0 Å². The minimum atomic E-state index is 0.534.